The largest absolute Gasteiger partial charge is 0.496 e. The first-order valence-corrected chi connectivity index (χ1v) is 9.79. The topological polar surface area (TPSA) is 63.2 Å². The van der Waals surface area contributed by atoms with Crippen LogP contribution < -0.4 is 15.4 Å². The molecule has 0 saturated heterocycles. The van der Waals surface area contributed by atoms with Crippen LogP contribution in [0.5, 0.6) is 5.75 Å². The number of rotatable bonds is 3. The Hall–Kier alpha value is -1.74. The monoisotopic (exact) mass is 469 g/mol. The molecule has 0 aliphatic rings. The van der Waals surface area contributed by atoms with Gasteiger partial charge in [0.15, 0.2) is 10.2 Å². The van der Waals surface area contributed by atoms with Crippen molar-refractivity contribution in [3.8, 4) is 5.75 Å². The van der Waals surface area contributed by atoms with Gasteiger partial charge in [-0.25, -0.2) is 4.98 Å². The molecule has 5 nitrogen and oxygen atoms in total. The number of fused-ring (bicyclic) bond motifs is 1. The third-order valence-corrected chi connectivity index (χ3v) is 5.32. The third kappa shape index (κ3) is 4.15. The van der Waals surface area contributed by atoms with Gasteiger partial charge in [0.25, 0.3) is 5.91 Å². The lowest BCUT2D eigenvalue weighted by Crippen LogP contribution is -2.34. The van der Waals surface area contributed by atoms with Gasteiger partial charge in [0.1, 0.15) is 5.75 Å². The maximum Gasteiger partial charge on any atom is 0.261 e. The number of thiazole rings is 1. The van der Waals surface area contributed by atoms with E-state index in [1.807, 2.05) is 25.1 Å². The second-order valence-electron chi connectivity index (χ2n) is 5.34. The molecule has 3 rings (SSSR count). The SMILES string of the molecule is COc1c(C)cc(Br)cc1C(=O)NC(=S)Nc1nc2ccc(Cl)cc2s1. The minimum Gasteiger partial charge on any atom is -0.496 e. The van der Waals surface area contributed by atoms with Crippen LogP contribution in [0.2, 0.25) is 5.02 Å². The van der Waals surface area contributed by atoms with Gasteiger partial charge in [-0.3, -0.25) is 10.1 Å². The third-order valence-electron chi connectivity index (χ3n) is 3.49. The Balaban J connectivity index is 1.76. The van der Waals surface area contributed by atoms with E-state index in [9.17, 15) is 4.79 Å². The van der Waals surface area contributed by atoms with Gasteiger partial charge in [-0.15, -0.1) is 0 Å². The van der Waals surface area contributed by atoms with Gasteiger partial charge >= 0.3 is 0 Å². The van der Waals surface area contributed by atoms with Gasteiger partial charge in [0, 0.05) is 9.50 Å². The molecule has 3 aromatic rings. The molecule has 0 atom stereocenters. The number of carbonyl (C=O) groups is 1. The zero-order valence-electron chi connectivity index (χ0n) is 13.7. The van der Waals surface area contributed by atoms with Crippen LogP contribution in [0.3, 0.4) is 0 Å². The number of aromatic nitrogens is 1. The number of methoxy groups -OCH3 is 1. The summed E-state index contributed by atoms with van der Waals surface area (Å²) in [7, 11) is 1.52. The highest BCUT2D eigenvalue weighted by atomic mass is 79.9. The number of benzene rings is 2. The van der Waals surface area contributed by atoms with Crippen molar-refractivity contribution in [3.05, 3.63) is 51.0 Å². The first kappa shape index (κ1) is 19.0. The molecule has 0 radical (unpaired) electrons. The Bertz CT molecular complexity index is 1020. The number of amides is 1. The summed E-state index contributed by atoms with van der Waals surface area (Å²) in [5.41, 5.74) is 2.04. The molecule has 9 heteroatoms. The van der Waals surface area contributed by atoms with Crippen LogP contribution >= 0.6 is 51.1 Å². The Morgan fingerprint density at radius 2 is 2.12 bits per heavy atom. The van der Waals surface area contributed by atoms with Gasteiger partial charge < -0.3 is 10.1 Å². The van der Waals surface area contributed by atoms with Crippen LogP contribution in [0.15, 0.2) is 34.8 Å². The molecule has 1 amide bonds. The summed E-state index contributed by atoms with van der Waals surface area (Å²) >= 11 is 16.0. The summed E-state index contributed by atoms with van der Waals surface area (Å²) < 4.78 is 7.04. The van der Waals surface area contributed by atoms with Gasteiger partial charge in [-0.05, 0) is 55.0 Å². The highest BCUT2D eigenvalue weighted by Gasteiger charge is 2.17. The first-order chi connectivity index (χ1) is 12.4. The number of hydrogen-bond acceptors (Lipinski definition) is 5. The van der Waals surface area contributed by atoms with Gasteiger partial charge in [0.2, 0.25) is 0 Å². The van der Waals surface area contributed by atoms with E-state index in [1.54, 1.807) is 12.1 Å². The van der Waals surface area contributed by atoms with E-state index in [0.717, 1.165) is 20.3 Å². The van der Waals surface area contributed by atoms with E-state index < -0.39 is 0 Å². The molecule has 0 saturated carbocycles. The molecule has 26 heavy (non-hydrogen) atoms. The Morgan fingerprint density at radius 3 is 2.85 bits per heavy atom. The second kappa shape index (κ2) is 7.87. The molecule has 134 valence electrons. The normalized spacial score (nSPS) is 10.6. The van der Waals surface area contributed by atoms with Crippen molar-refractivity contribution < 1.29 is 9.53 Å². The standard InChI is InChI=1S/C17H13BrClN3O2S2/c1-8-5-9(18)6-11(14(8)24-2)15(23)21-16(25)22-17-20-12-4-3-10(19)7-13(12)26-17/h3-7H,1-2H3,(H2,20,21,22,23,25). The number of thiocarbonyl (C=S) groups is 1. The summed E-state index contributed by atoms with van der Waals surface area (Å²) in [5.74, 6) is 0.135. The molecule has 0 fully saturated rings. The maximum absolute atomic E-state index is 12.6. The summed E-state index contributed by atoms with van der Waals surface area (Å²) in [6.45, 7) is 1.86. The molecule has 0 aliphatic heterocycles. The minimum absolute atomic E-state index is 0.153. The van der Waals surface area contributed by atoms with E-state index >= 15 is 0 Å². The molecular formula is C17H13BrClN3O2S2. The van der Waals surface area contributed by atoms with Gasteiger partial charge in [0.05, 0.1) is 22.9 Å². The van der Waals surface area contributed by atoms with Crippen molar-refractivity contribution in [1.82, 2.24) is 10.3 Å². The van der Waals surface area contributed by atoms with Crippen LogP contribution in [0.4, 0.5) is 5.13 Å². The molecule has 0 spiro atoms. The average molecular weight is 471 g/mol. The van der Waals surface area contributed by atoms with Gasteiger partial charge in [-0.1, -0.05) is 38.9 Å². The number of carbonyl (C=O) groups excluding carboxylic acids is 1. The van der Waals surface area contributed by atoms with Crippen molar-refractivity contribution in [2.75, 3.05) is 12.4 Å². The first-order valence-electron chi connectivity index (χ1n) is 7.40. The van der Waals surface area contributed by atoms with Crippen molar-refractivity contribution >= 4 is 77.5 Å². The highest BCUT2D eigenvalue weighted by molar-refractivity contribution is 9.10. The molecular weight excluding hydrogens is 458 g/mol. The van der Waals surface area contributed by atoms with Crippen LogP contribution in [0.25, 0.3) is 10.2 Å². The Morgan fingerprint density at radius 1 is 1.35 bits per heavy atom. The minimum atomic E-state index is -0.368. The fraction of sp³-hybridized carbons (Fsp3) is 0.118. The molecule has 2 aromatic carbocycles. The van der Waals surface area contributed by atoms with Crippen molar-refractivity contribution in [1.29, 1.82) is 0 Å². The number of nitrogens with one attached hydrogen (secondary N) is 2. The summed E-state index contributed by atoms with van der Waals surface area (Å²) in [6.07, 6.45) is 0. The average Bonchev–Trinajstić information content (AvgIpc) is 2.95. The predicted molar refractivity (Wildman–Crippen MR) is 114 cm³/mol. The lowest BCUT2D eigenvalue weighted by Gasteiger charge is -2.13. The zero-order valence-corrected chi connectivity index (χ0v) is 17.7. The quantitative estimate of drug-likeness (QED) is 0.518. The van der Waals surface area contributed by atoms with Gasteiger partial charge in [-0.2, -0.15) is 0 Å². The van der Waals surface area contributed by atoms with Crippen LogP contribution in [-0.4, -0.2) is 23.1 Å². The molecule has 1 heterocycles. The fourth-order valence-corrected chi connectivity index (χ4v) is 4.39. The molecule has 1 aromatic heterocycles. The van der Waals surface area contributed by atoms with Crippen LogP contribution in [0, 0.1) is 6.92 Å². The van der Waals surface area contributed by atoms with Crippen molar-refractivity contribution in [2.24, 2.45) is 0 Å². The number of ether oxygens (including phenoxy) is 1. The number of anilines is 1. The molecule has 2 N–H and O–H groups in total. The van der Waals surface area contributed by atoms with E-state index in [4.69, 9.17) is 28.6 Å². The van der Waals surface area contributed by atoms with Crippen molar-refractivity contribution in [2.45, 2.75) is 6.92 Å². The Labute approximate surface area is 172 Å². The second-order valence-corrected chi connectivity index (χ2v) is 8.13. The smallest absolute Gasteiger partial charge is 0.261 e. The number of hydrogen-bond donors (Lipinski definition) is 2. The number of aryl methyl sites for hydroxylation is 1. The molecule has 0 aliphatic carbocycles. The number of nitrogens with zero attached hydrogens (tertiary/aromatic N) is 1. The Kier molecular flexibility index (Phi) is 5.76. The van der Waals surface area contributed by atoms with E-state index in [-0.39, 0.29) is 11.0 Å². The summed E-state index contributed by atoms with van der Waals surface area (Å²) in [5, 5.41) is 6.95. The highest BCUT2D eigenvalue weighted by Crippen LogP contribution is 2.29. The van der Waals surface area contributed by atoms with E-state index in [0.29, 0.717) is 21.5 Å². The van der Waals surface area contributed by atoms with Crippen molar-refractivity contribution in [3.63, 3.8) is 0 Å². The van der Waals surface area contributed by atoms with Crippen LogP contribution in [-0.2, 0) is 0 Å². The number of halogens is 2. The molecule has 0 bridgehead atoms. The summed E-state index contributed by atoms with van der Waals surface area (Å²) in [4.78, 5) is 17.0. The fourth-order valence-electron chi connectivity index (χ4n) is 2.42. The summed E-state index contributed by atoms with van der Waals surface area (Å²) in [6, 6.07) is 8.99. The van der Waals surface area contributed by atoms with E-state index in [1.165, 1.54) is 18.4 Å². The predicted octanol–water partition coefficient (Wildman–Crippen LogP) is 5.16. The van der Waals surface area contributed by atoms with E-state index in [2.05, 4.69) is 31.5 Å². The lowest BCUT2D eigenvalue weighted by molar-refractivity contribution is 0.0974. The maximum atomic E-state index is 12.6. The molecule has 0 unspecified atom stereocenters. The lowest BCUT2D eigenvalue weighted by atomic mass is 10.1. The zero-order chi connectivity index (χ0) is 18.8. The van der Waals surface area contributed by atoms with Crippen LogP contribution in [0.1, 0.15) is 15.9 Å².